The number of phenolic OH excluding ortho intramolecular Hbond substituents is 2. The molecule has 0 fully saturated rings. The number of rotatable bonds is 8. The van der Waals surface area contributed by atoms with Crippen molar-refractivity contribution < 1.29 is 43.6 Å². The summed E-state index contributed by atoms with van der Waals surface area (Å²) in [6, 6.07) is 6.00. The van der Waals surface area contributed by atoms with E-state index in [0.717, 1.165) is 12.1 Å². The largest absolute Gasteiger partial charge is 0.508 e. The summed E-state index contributed by atoms with van der Waals surface area (Å²) in [6.07, 6.45) is 0.0980. The highest BCUT2D eigenvalue weighted by molar-refractivity contribution is 6.00. The molecule has 35 heavy (non-hydrogen) atoms. The highest BCUT2D eigenvalue weighted by Gasteiger charge is 2.25. The van der Waals surface area contributed by atoms with Crippen LogP contribution in [0.2, 0.25) is 0 Å². The number of hydrogen-bond acceptors (Lipinski definition) is 9. The first-order valence-electron chi connectivity index (χ1n) is 10.7. The zero-order valence-electron chi connectivity index (χ0n) is 20.3. The second-order valence-electron chi connectivity index (χ2n) is 8.82. The van der Waals surface area contributed by atoms with E-state index in [1.165, 1.54) is 25.1 Å². The fourth-order valence-corrected chi connectivity index (χ4v) is 2.63. The molecule has 2 rings (SSSR count). The molecule has 2 aromatic carbocycles. The van der Waals surface area contributed by atoms with Gasteiger partial charge in [-0.1, -0.05) is 13.5 Å². The highest BCUT2D eigenvalue weighted by atomic mass is 16.5. The van der Waals surface area contributed by atoms with Crippen molar-refractivity contribution in [1.82, 2.24) is 0 Å². The molecule has 0 aliphatic heterocycles. The molecule has 9 heteroatoms. The van der Waals surface area contributed by atoms with Crippen molar-refractivity contribution in [2.24, 2.45) is 5.41 Å². The molecule has 0 amide bonds. The van der Waals surface area contributed by atoms with Crippen molar-refractivity contribution in [3.05, 3.63) is 59.2 Å². The van der Waals surface area contributed by atoms with E-state index in [-0.39, 0.29) is 51.7 Å². The van der Waals surface area contributed by atoms with E-state index in [0.29, 0.717) is 0 Å². The maximum absolute atomic E-state index is 12.6. The van der Waals surface area contributed by atoms with Gasteiger partial charge in [0.2, 0.25) is 0 Å². The first-order chi connectivity index (χ1) is 16.2. The van der Waals surface area contributed by atoms with Gasteiger partial charge in [-0.2, -0.15) is 0 Å². The lowest BCUT2D eigenvalue weighted by Gasteiger charge is -2.17. The van der Waals surface area contributed by atoms with Gasteiger partial charge in [-0.15, -0.1) is 0 Å². The number of hydrogen-bond donors (Lipinski definition) is 2. The molecule has 0 spiro atoms. The maximum atomic E-state index is 12.6. The van der Waals surface area contributed by atoms with Crippen molar-refractivity contribution in [2.75, 3.05) is 0 Å². The molecule has 0 aromatic heterocycles. The molecule has 0 saturated carbocycles. The maximum Gasteiger partial charge on any atom is 0.342 e. The van der Waals surface area contributed by atoms with Crippen LogP contribution in [0.4, 0.5) is 0 Å². The molecule has 0 saturated heterocycles. The van der Waals surface area contributed by atoms with Crippen LogP contribution < -0.4 is 9.47 Å². The van der Waals surface area contributed by atoms with Gasteiger partial charge in [0, 0.05) is 17.6 Å². The molecule has 0 unspecified atom stereocenters. The number of Topliss-reactive ketones (excluding diaryl/α,β-unsaturated/α-hetero) is 1. The summed E-state index contributed by atoms with van der Waals surface area (Å²) in [6.45, 7) is 11.1. The van der Waals surface area contributed by atoms with E-state index >= 15 is 0 Å². The van der Waals surface area contributed by atoms with Crippen LogP contribution in [0.15, 0.2) is 42.5 Å². The summed E-state index contributed by atoms with van der Waals surface area (Å²) in [7, 11) is 0. The third-order valence-electron chi connectivity index (χ3n) is 4.72. The fraction of sp³-hybridized carbons (Fsp3) is 0.308. The van der Waals surface area contributed by atoms with Crippen LogP contribution >= 0.6 is 0 Å². The second-order valence-corrected chi connectivity index (χ2v) is 8.82. The molecule has 9 nitrogen and oxygen atoms in total. The van der Waals surface area contributed by atoms with Gasteiger partial charge >= 0.3 is 17.9 Å². The summed E-state index contributed by atoms with van der Waals surface area (Å²) in [5.74, 6) is -3.50. The van der Waals surface area contributed by atoms with Crippen molar-refractivity contribution >= 4 is 23.7 Å². The summed E-state index contributed by atoms with van der Waals surface area (Å²) < 4.78 is 15.7. The smallest absolute Gasteiger partial charge is 0.342 e. The number of ketones is 1. The molecule has 2 aromatic rings. The molecular formula is C26H28O9. The number of carbonyl (C=O) groups is 4. The first kappa shape index (κ1) is 27.1. The van der Waals surface area contributed by atoms with E-state index in [2.05, 4.69) is 6.58 Å². The number of phenols is 2. The number of aromatic hydroxyl groups is 2. The summed E-state index contributed by atoms with van der Waals surface area (Å²) >= 11 is 0. The number of esters is 3. The Hall–Kier alpha value is -4.14. The topological polar surface area (TPSA) is 136 Å². The van der Waals surface area contributed by atoms with E-state index in [9.17, 15) is 29.4 Å². The lowest BCUT2D eigenvalue weighted by Crippen LogP contribution is -2.25. The zero-order valence-corrected chi connectivity index (χ0v) is 20.3. The average Bonchev–Trinajstić information content (AvgIpc) is 2.78. The Morgan fingerprint density at radius 2 is 1.60 bits per heavy atom. The highest BCUT2D eigenvalue weighted by Crippen LogP contribution is 2.31. The molecule has 2 N–H and O–H groups in total. The quantitative estimate of drug-likeness (QED) is 0.240. The molecule has 186 valence electrons. The third kappa shape index (κ3) is 6.92. The Kier molecular flexibility index (Phi) is 8.41. The van der Waals surface area contributed by atoms with Crippen LogP contribution in [0.5, 0.6) is 23.0 Å². The van der Waals surface area contributed by atoms with Gasteiger partial charge in [0.25, 0.3) is 0 Å². The molecule has 0 aliphatic carbocycles. The Bertz CT molecular complexity index is 1190. The van der Waals surface area contributed by atoms with Crippen LogP contribution in [0.1, 0.15) is 67.3 Å². The van der Waals surface area contributed by atoms with Gasteiger partial charge in [0.05, 0.1) is 11.0 Å². The Morgan fingerprint density at radius 3 is 2.17 bits per heavy atom. The number of benzene rings is 2. The van der Waals surface area contributed by atoms with Crippen LogP contribution in [0.3, 0.4) is 0 Å². The van der Waals surface area contributed by atoms with E-state index < -0.39 is 35.7 Å². The minimum atomic E-state index is -0.968. The van der Waals surface area contributed by atoms with Gasteiger partial charge in [-0.3, -0.25) is 9.59 Å². The van der Waals surface area contributed by atoms with E-state index in [1.807, 2.05) is 0 Å². The van der Waals surface area contributed by atoms with Gasteiger partial charge in [-0.25, -0.2) is 9.59 Å². The molecule has 0 bridgehead atoms. The monoisotopic (exact) mass is 484 g/mol. The lowest BCUT2D eigenvalue weighted by atomic mass is 9.97. The fourth-order valence-electron chi connectivity index (χ4n) is 2.63. The van der Waals surface area contributed by atoms with Gasteiger partial charge in [0.15, 0.2) is 5.78 Å². The van der Waals surface area contributed by atoms with Crippen molar-refractivity contribution in [2.45, 2.75) is 47.6 Å². The summed E-state index contributed by atoms with van der Waals surface area (Å²) in [5.41, 5.74) is -0.919. The molecular weight excluding hydrogens is 456 g/mol. The Morgan fingerprint density at radius 1 is 0.943 bits per heavy atom. The minimum Gasteiger partial charge on any atom is -0.508 e. The van der Waals surface area contributed by atoms with Crippen LogP contribution in [-0.4, -0.2) is 33.9 Å². The SMILES string of the molecule is C=C(C)C(=O)Oc1cc(COC(=O)c2cc(OC(=O)C(C)(C)C)ccc2O)c(O)cc1C(=O)CC. The number of ether oxygens (including phenoxy) is 3. The van der Waals surface area contributed by atoms with E-state index in [4.69, 9.17) is 14.2 Å². The van der Waals surface area contributed by atoms with Gasteiger partial charge in [-0.05, 0) is 58.0 Å². The minimum absolute atomic E-state index is 0.0133. The predicted molar refractivity (Wildman–Crippen MR) is 125 cm³/mol. The predicted octanol–water partition coefficient (Wildman–Crippen LogP) is 4.48. The van der Waals surface area contributed by atoms with Crippen LogP contribution in [0.25, 0.3) is 0 Å². The molecule has 0 heterocycles. The van der Waals surface area contributed by atoms with Crippen molar-refractivity contribution in [3.63, 3.8) is 0 Å². The van der Waals surface area contributed by atoms with Crippen LogP contribution in [0, 0.1) is 5.41 Å². The van der Waals surface area contributed by atoms with E-state index in [1.54, 1.807) is 27.7 Å². The zero-order chi connectivity index (χ0) is 26.5. The first-order valence-corrected chi connectivity index (χ1v) is 10.7. The standard InChI is InChI=1S/C26H28O9/c1-7-19(27)17-12-21(29)15(10-22(17)35-23(30)14(2)3)13-33-24(31)18-11-16(8-9-20(18)28)34-25(32)26(4,5)6/h8-12,28-29H,2,7,13H2,1,3-6H3. The normalized spacial score (nSPS) is 10.9. The van der Waals surface area contributed by atoms with Crippen molar-refractivity contribution in [3.8, 4) is 23.0 Å². The Balaban J connectivity index is 2.28. The Labute approximate surface area is 202 Å². The van der Waals surface area contributed by atoms with Gasteiger partial charge < -0.3 is 24.4 Å². The molecule has 0 aliphatic rings. The van der Waals surface area contributed by atoms with Crippen molar-refractivity contribution in [1.29, 1.82) is 0 Å². The third-order valence-corrected chi connectivity index (χ3v) is 4.72. The average molecular weight is 485 g/mol. The summed E-state index contributed by atoms with van der Waals surface area (Å²) in [4.78, 5) is 48.9. The van der Waals surface area contributed by atoms with Crippen LogP contribution in [-0.2, 0) is 20.9 Å². The second kappa shape index (κ2) is 10.9. The number of carbonyl (C=O) groups excluding carboxylic acids is 4. The molecule has 0 atom stereocenters. The molecule has 0 radical (unpaired) electrons. The lowest BCUT2D eigenvalue weighted by molar-refractivity contribution is -0.143. The van der Waals surface area contributed by atoms with Gasteiger partial charge in [0.1, 0.15) is 35.2 Å². The summed E-state index contributed by atoms with van der Waals surface area (Å²) in [5, 5.41) is 20.4.